The first kappa shape index (κ1) is 29.1. The molecule has 4 rings (SSSR count). The van der Waals surface area contributed by atoms with Crippen LogP contribution in [0.4, 0.5) is 15.5 Å². The summed E-state index contributed by atoms with van der Waals surface area (Å²) < 4.78 is 5.24. The maximum Gasteiger partial charge on any atom is 0.326 e. The molecule has 1 aromatic heterocycles. The van der Waals surface area contributed by atoms with Gasteiger partial charge in [-0.05, 0) is 74.4 Å². The molecule has 10 heteroatoms. The van der Waals surface area contributed by atoms with Gasteiger partial charge in [-0.2, -0.15) is 0 Å². The highest BCUT2D eigenvalue weighted by Gasteiger charge is 2.41. The van der Waals surface area contributed by atoms with Crippen LogP contribution in [0.3, 0.4) is 0 Å². The lowest BCUT2D eigenvalue weighted by Gasteiger charge is -2.38. The molecule has 9 nitrogen and oxygen atoms in total. The number of carbonyl (C=O) groups excluding carboxylic acids is 2. The lowest BCUT2D eigenvalue weighted by atomic mass is 9.70. The molecule has 1 saturated carbocycles. The summed E-state index contributed by atoms with van der Waals surface area (Å²) in [7, 11) is 1.57. The van der Waals surface area contributed by atoms with E-state index in [9.17, 15) is 19.5 Å². The van der Waals surface area contributed by atoms with Crippen molar-refractivity contribution < 1.29 is 24.2 Å². The quantitative estimate of drug-likeness (QED) is 0.246. The fourth-order valence-electron chi connectivity index (χ4n) is 5.42. The van der Waals surface area contributed by atoms with Crippen LogP contribution in [0.2, 0.25) is 0 Å². The zero-order valence-electron chi connectivity index (χ0n) is 23.5. The number of rotatable bonds is 8. The van der Waals surface area contributed by atoms with Crippen LogP contribution in [0.5, 0.6) is 5.75 Å². The Morgan fingerprint density at radius 1 is 1.00 bits per heavy atom. The SMILES string of the molecule is COc1ccc(-c2nc(C(=O)N[C@H](C(=O)O)C3(C)CCCCC3)c(NC(=O)Nc3c(C)cc(C)cc3C)s2)cc1. The van der Waals surface area contributed by atoms with Gasteiger partial charge in [0.15, 0.2) is 5.69 Å². The van der Waals surface area contributed by atoms with Crippen molar-refractivity contribution in [3.8, 4) is 16.3 Å². The van der Waals surface area contributed by atoms with Crippen molar-refractivity contribution >= 4 is 39.9 Å². The molecular weight excluding hydrogens is 528 g/mol. The highest BCUT2D eigenvalue weighted by molar-refractivity contribution is 7.19. The van der Waals surface area contributed by atoms with E-state index < -0.39 is 29.4 Å². The summed E-state index contributed by atoms with van der Waals surface area (Å²) in [5, 5.41) is 19.2. The van der Waals surface area contributed by atoms with Gasteiger partial charge >= 0.3 is 12.0 Å². The first-order chi connectivity index (χ1) is 19.0. The van der Waals surface area contributed by atoms with E-state index in [4.69, 9.17) is 4.74 Å². The summed E-state index contributed by atoms with van der Waals surface area (Å²) in [6, 6.07) is 9.54. The molecule has 40 heavy (non-hydrogen) atoms. The van der Waals surface area contributed by atoms with Crippen LogP contribution in [-0.4, -0.2) is 41.1 Å². The minimum absolute atomic E-state index is 0.0334. The van der Waals surface area contributed by atoms with Crippen molar-refractivity contribution in [3.05, 3.63) is 58.8 Å². The number of nitrogens with one attached hydrogen (secondary N) is 3. The number of benzene rings is 2. The third kappa shape index (κ3) is 6.44. The van der Waals surface area contributed by atoms with E-state index in [0.29, 0.717) is 29.3 Å². The summed E-state index contributed by atoms with van der Waals surface area (Å²) in [6.07, 6.45) is 4.30. The normalized spacial score (nSPS) is 15.1. The van der Waals surface area contributed by atoms with E-state index >= 15 is 0 Å². The summed E-state index contributed by atoms with van der Waals surface area (Å²) in [5.74, 6) is -1.06. The third-order valence-electron chi connectivity index (χ3n) is 7.54. The van der Waals surface area contributed by atoms with Crippen molar-refractivity contribution in [2.75, 3.05) is 17.7 Å². The fourth-order valence-corrected chi connectivity index (χ4v) is 6.39. The molecule has 3 amide bonds. The topological polar surface area (TPSA) is 130 Å². The monoisotopic (exact) mass is 564 g/mol. The Balaban J connectivity index is 1.65. The first-order valence-electron chi connectivity index (χ1n) is 13.4. The Hall–Kier alpha value is -3.92. The average Bonchev–Trinajstić information content (AvgIpc) is 3.33. The summed E-state index contributed by atoms with van der Waals surface area (Å²) in [5.41, 5.74) is 3.73. The van der Waals surface area contributed by atoms with E-state index in [0.717, 1.165) is 52.9 Å². The van der Waals surface area contributed by atoms with E-state index in [2.05, 4.69) is 20.9 Å². The van der Waals surface area contributed by atoms with Crippen LogP contribution in [-0.2, 0) is 4.79 Å². The van der Waals surface area contributed by atoms with Gasteiger partial charge in [-0.1, -0.05) is 55.2 Å². The van der Waals surface area contributed by atoms with Crippen LogP contribution in [0.1, 0.15) is 66.2 Å². The van der Waals surface area contributed by atoms with Gasteiger partial charge in [-0.3, -0.25) is 10.1 Å². The molecule has 3 aromatic rings. The number of carbonyl (C=O) groups is 3. The predicted octanol–water partition coefficient (Wildman–Crippen LogP) is 6.54. The molecule has 1 aliphatic rings. The Morgan fingerprint density at radius 3 is 2.20 bits per heavy atom. The Morgan fingerprint density at radius 2 is 1.62 bits per heavy atom. The Kier molecular flexibility index (Phi) is 8.78. The maximum absolute atomic E-state index is 13.6. The van der Waals surface area contributed by atoms with Gasteiger partial charge in [-0.15, -0.1) is 0 Å². The highest BCUT2D eigenvalue weighted by atomic mass is 32.1. The molecule has 4 N–H and O–H groups in total. The summed E-state index contributed by atoms with van der Waals surface area (Å²) in [4.78, 5) is 43.5. The van der Waals surface area contributed by atoms with Gasteiger partial charge < -0.3 is 20.5 Å². The second-order valence-corrected chi connectivity index (χ2v) is 11.7. The van der Waals surface area contributed by atoms with Gasteiger partial charge in [0.25, 0.3) is 5.91 Å². The van der Waals surface area contributed by atoms with E-state index in [-0.39, 0.29) is 10.7 Å². The minimum Gasteiger partial charge on any atom is -0.497 e. The molecule has 0 spiro atoms. The zero-order valence-corrected chi connectivity index (χ0v) is 24.3. The maximum atomic E-state index is 13.6. The number of urea groups is 1. The molecule has 0 unspecified atom stereocenters. The third-order valence-corrected chi connectivity index (χ3v) is 8.56. The number of thiazole rings is 1. The number of aliphatic carboxylic acids is 1. The zero-order chi connectivity index (χ0) is 29.0. The molecule has 1 heterocycles. The largest absolute Gasteiger partial charge is 0.497 e. The Bertz CT molecular complexity index is 1390. The lowest BCUT2D eigenvalue weighted by Crippen LogP contribution is -2.52. The smallest absolute Gasteiger partial charge is 0.326 e. The molecule has 2 aromatic carbocycles. The molecule has 0 saturated heterocycles. The number of methoxy groups -OCH3 is 1. The molecule has 1 fully saturated rings. The van der Waals surface area contributed by atoms with Crippen LogP contribution in [0, 0.1) is 26.2 Å². The van der Waals surface area contributed by atoms with Crippen LogP contribution < -0.4 is 20.7 Å². The number of nitrogens with zero attached hydrogens (tertiary/aromatic N) is 1. The number of hydrogen-bond acceptors (Lipinski definition) is 6. The predicted molar refractivity (Wildman–Crippen MR) is 157 cm³/mol. The second-order valence-electron chi connectivity index (χ2n) is 10.7. The molecule has 0 radical (unpaired) electrons. The Labute approximate surface area is 238 Å². The van der Waals surface area contributed by atoms with Gasteiger partial charge in [0.05, 0.1) is 7.11 Å². The molecule has 1 aliphatic carbocycles. The molecule has 1 atom stereocenters. The van der Waals surface area contributed by atoms with Gasteiger partial charge in [0.2, 0.25) is 0 Å². The van der Waals surface area contributed by atoms with E-state index in [1.54, 1.807) is 19.2 Å². The fraction of sp³-hybridized carbons (Fsp3) is 0.400. The molecule has 0 bridgehead atoms. The highest BCUT2D eigenvalue weighted by Crippen LogP contribution is 2.40. The van der Waals surface area contributed by atoms with Crippen molar-refractivity contribution in [2.45, 2.75) is 65.8 Å². The van der Waals surface area contributed by atoms with Gasteiger partial charge in [-0.25, -0.2) is 14.6 Å². The van der Waals surface area contributed by atoms with Crippen molar-refractivity contribution in [1.82, 2.24) is 10.3 Å². The van der Waals surface area contributed by atoms with Crippen molar-refractivity contribution in [1.29, 1.82) is 0 Å². The van der Waals surface area contributed by atoms with Crippen molar-refractivity contribution in [3.63, 3.8) is 0 Å². The first-order valence-corrected chi connectivity index (χ1v) is 14.2. The summed E-state index contributed by atoms with van der Waals surface area (Å²) in [6.45, 7) is 7.74. The minimum atomic E-state index is -1.08. The van der Waals surface area contributed by atoms with Crippen molar-refractivity contribution in [2.24, 2.45) is 5.41 Å². The number of carboxylic acids is 1. The van der Waals surface area contributed by atoms with E-state index in [1.165, 1.54) is 0 Å². The molecule has 0 aliphatic heterocycles. The number of amides is 3. The standard InChI is InChI=1S/C30H36N4O5S/c1-17-15-18(2)22(19(3)16-17)32-29(38)34-27-23(31-26(40-27)20-9-11-21(39-5)12-10-20)25(35)33-24(28(36)37)30(4)13-7-6-8-14-30/h9-12,15-16,24H,6-8,13-14H2,1-5H3,(H,33,35)(H,36,37)(H2,32,34,38)/t24-/m1/s1. The van der Waals surface area contributed by atoms with Gasteiger partial charge in [0.1, 0.15) is 21.8 Å². The molecular formula is C30H36N4O5S. The van der Waals surface area contributed by atoms with E-state index in [1.807, 2.05) is 52.0 Å². The number of hydrogen-bond donors (Lipinski definition) is 4. The lowest BCUT2D eigenvalue weighted by molar-refractivity contribution is -0.143. The van der Waals surface area contributed by atoms with Gasteiger partial charge in [0, 0.05) is 11.3 Å². The number of aryl methyl sites for hydroxylation is 3. The number of aromatic nitrogens is 1. The second kappa shape index (κ2) is 12.1. The average molecular weight is 565 g/mol. The summed E-state index contributed by atoms with van der Waals surface area (Å²) >= 11 is 1.14. The van der Waals surface area contributed by atoms with Crippen LogP contribution in [0.15, 0.2) is 36.4 Å². The van der Waals surface area contributed by atoms with Crippen LogP contribution in [0.25, 0.3) is 10.6 Å². The number of carboxylic acid groups (broad SMARTS) is 1. The number of anilines is 2. The molecule has 212 valence electrons. The number of ether oxygens (including phenoxy) is 1. The van der Waals surface area contributed by atoms with Crippen LogP contribution >= 0.6 is 11.3 Å².